The summed E-state index contributed by atoms with van der Waals surface area (Å²) in [7, 11) is 0. The average molecular weight is 664 g/mol. The molecule has 2 aromatic carbocycles. The first kappa shape index (κ1) is 37.7. The second-order valence-corrected chi connectivity index (χ2v) is 12.3. The maximum Gasteiger partial charge on any atom is 0.243 e. The molecule has 0 spiro atoms. The number of rotatable bonds is 20. The highest BCUT2D eigenvalue weighted by molar-refractivity contribution is 5.90. The molecule has 13 nitrogen and oxygen atoms in total. The Balaban J connectivity index is 1.79. The number of amides is 5. The Labute approximate surface area is 281 Å². The van der Waals surface area contributed by atoms with E-state index in [1.807, 2.05) is 54.6 Å². The van der Waals surface area contributed by atoms with E-state index in [-0.39, 0.29) is 31.6 Å². The van der Waals surface area contributed by atoms with Crippen LogP contribution in [0.5, 0.6) is 0 Å². The fourth-order valence-corrected chi connectivity index (χ4v) is 5.67. The molecule has 1 heterocycles. The molecule has 0 saturated carbocycles. The molecule has 13 heteroatoms. The van der Waals surface area contributed by atoms with Crippen molar-refractivity contribution in [1.82, 2.24) is 26.3 Å². The smallest absolute Gasteiger partial charge is 0.243 e. The molecule has 3 aromatic rings. The van der Waals surface area contributed by atoms with Crippen molar-refractivity contribution in [2.24, 2.45) is 11.5 Å². The molecule has 260 valence electrons. The first-order valence-electron chi connectivity index (χ1n) is 16.4. The quantitative estimate of drug-likeness (QED) is 0.0821. The van der Waals surface area contributed by atoms with E-state index in [0.717, 1.165) is 22.0 Å². The van der Waals surface area contributed by atoms with Gasteiger partial charge in [-0.2, -0.15) is 0 Å². The molecule has 10 N–H and O–H groups in total. The number of aliphatic hydroxyl groups excluding tert-OH is 1. The van der Waals surface area contributed by atoms with Crippen LogP contribution in [0.1, 0.15) is 63.5 Å². The van der Waals surface area contributed by atoms with Gasteiger partial charge in [0.15, 0.2) is 0 Å². The van der Waals surface area contributed by atoms with Crippen molar-refractivity contribution < 1.29 is 29.1 Å². The van der Waals surface area contributed by atoms with Crippen LogP contribution in [-0.2, 0) is 36.8 Å². The summed E-state index contributed by atoms with van der Waals surface area (Å²) in [6.07, 6.45) is 2.75. The highest BCUT2D eigenvalue weighted by atomic mass is 16.3. The first-order valence-corrected chi connectivity index (χ1v) is 16.4. The second kappa shape index (κ2) is 19.2. The predicted molar refractivity (Wildman–Crippen MR) is 183 cm³/mol. The van der Waals surface area contributed by atoms with Crippen molar-refractivity contribution in [3.05, 3.63) is 71.9 Å². The van der Waals surface area contributed by atoms with Gasteiger partial charge in [0.25, 0.3) is 0 Å². The van der Waals surface area contributed by atoms with Gasteiger partial charge in [-0.3, -0.25) is 24.0 Å². The summed E-state index contributed by atoms with van der Waals surface area (Å²) < 4.78 is 0. The first-order chi connectivity index (χ1) is 22.9. The van der Waals surface area contributed by atoms with Gasteiger partial charge in [-0.25, -0.2) is 0 Å². The Morgan fingerprint density at radius 1 is 0.812 bits per heavy atom. The van der Waals surface area contributed by atoms with E-state index in [4.69, 9.17) is 11.5 Å². The molecule has 0 bridgehead atoms. The normalized spacial score (nSPS) is 14.2. The number of hydrogen-bond acceptors (Lipinski definition) is 7. The standard InChI is InChI=1S/C35H49N7O6/c1-22(43)30(39-23(2)44)20-34(47)40-26(12-8-9-15-36)19-33(46)42-31(17-25-21-38-29-14-7-6-13-28(25)29)35(48)41-27(18-32(37)45)16-24-10-4-3-5-11-24/h3-7,10-11,13-14,21-22,26-27,30-31,38,43H,8-9,12,15-20,36H2,1-2H3,(H2,37,45)(H,39,44)(H,40,47)(H,41,48)(H,42,46)/t22-,26+,27+,30-,31+/m1/s1. The number of aromatic nitrogens is 1. The predicted octanol–water partition coefficient (Wildman–Crippen LogP) is 1.08. The molecule has 0 aliphatic carbocycles. The number of H-pyrrole nitrogens is 1. The Bertz CT molecular complexity index is 1510. The molecule has 0 aliphatic rings. The van der Waals surface area contributed by atoms with Crippen LogP contribution in [0, 0.1) is 0 Å². The number of fused-ring (bicyclic) bond motifs is 1. The fourth-order valence-electron chi connectivity index (χ4n) is 5.67. The Morgan fingerprint density at radius 3 is 2.17 bits per heavy atom. The summed E-state index contributed by atoms with van der Waals surface area (Å²) in [5.41, 5.74) is 13.8. The third kappa shape index (κ3) is 12.8. The number of nitrogens with one attached hydrogen (secondary N) is 5. The summed E-state index contributed by atoms with van der Waals surface area (Å²) in [6, 6.07) is 14.0. The molecule has 0 unspecified atom stereocenters. The van der Waals surface area contributed by atoms with E-state index in [0.29, 0.717) is 32.2 Å². The van der Waals surface area contributed by atoms with Gasteiger partial charge in [-0.15, -0.1) is 0 Å². The molecule has 0 fully saturated rings. The van der Waals surface area contributed by atoms with Crippen molar-refractivity contribution in [3.63, 3.8) is 0 Å². The van der Waals surface area contributed by atoms with Crippen molar-refractivity contribution in [2.45, 2.75) is 95.5 Å². The van der Waals surface area contributed by atoms with Crippen molar-refractivity contribution in [2.75, 3.05) is 6.54 Å². The maximum absolute atomic E-state index is 13.8. The Hall–Kier alpha value is -4.75. The minimum atomic E-state index is -1.01. The fraction of sp³-hybridized carbons (Fsp3) is 0.457. The van der Waals surface area contributed by atoms with Gasteiger partial charge in [-0.1, -0.05) is 55.0 Å². The largest absolute Gasteiger partial charge is 0.391 e. The van der Waals surface area contributed by atoms with Gasteiger partial charge in [0.1, 0.15) is 6.04 Å². The number of benzene rings is 2. The van der Waals surface area contributed by atoms with Crippen molar-refractivity contribution >= 4 is 40.4 Å². The molecular weight excluding hydrogens is 614 g/mol. The van der Waals surface area contributed by atoms with Gasteiger partial charge >= 0.3 is 0 Å². The molecule has 3 rings (SSSR count). The lowest BCUT2D eigenvalue weighted by molar-refractivity contribution is -0.130. The van der Waals surface area contributed by atoms with E-state index in [1.165, 1.54) is 13.8 Å². The lowest BCUT2D eigenvalue weighted by Gasteiger charge is -2.25. The maximum atomic E-state index is 13.8. The van der Waals surface area contributed by atoms with Crippen LogP contribution in [-0.4, -0.2) is 76.4 Å². The van der Waals surface area contributed by atoms with Crippen LogP contribution in [0.2, 0.25) is 0 Å². The molecule has 5 atom stereocenters. The summed E-state index contributed by atoms with van der Waals surface area (Å²) in [5.74, 6) is -2.33. The molecule has 5 amide bonds. The lowest BCUT2D eigenvalue weighted by atomic mass is 10.00. The number of hydrogen-bond donors (Lipinski definition) is 8. The van der Waals surface area contributed by atoms with E-state index >= 15 is 0 Å². The summed E-state index contributed by atoms with van der Waals surface area (Å²) in [5, 5.41) is 22.2. The Morgan fingerprint density at radius 2 is 1.50 bits per heavy atom. The third-order valence-electron chi connectivity index (χ3n) is 8.05. The van der Waals surface area contributed by atoms with Gasteiger partial charge < -0.3 is 42.8 Å². The number of aromatic amines is 1. The van der Waals surface area contributed by atoms with Crippen molar-refractivity contribution in [1.29, 1.82) is 0 Å². The molecule has 0 radical (unpaired) electrons. The van der Waals surface area contributed by atoms with Crippen molar-refractivity contribution in [3.8, 4) is 0 Å². The van der Waals surface area contributed by atoms with E-state index in [2.05, 4.69) is 26.3 Å². The number of carbonyl (C=O) groups is 5. The monoisotopic (exact) mass is 663 g/mol. The number of carbonyl (C=O) groups excluding carboxylic acids is 5. The molecule has 0 saturated heterocycles. The SMILES string of the molecule is CC(=O)N[C@H](CC(=O)N[C@@H](CCCCN)CC(=O)N[C@@H](Cc1c[nH]c2ccccc12)C(=O)N[C@H](CC(N)=O)Cc1ccccc1)[C@@H](C)O. The van der Waals surface area contributed by atoms with Gasteiger partial charge in [0.05, 0.1) is 12.1 Å². The Kier molecular flexibility index (Phi) is 15.1. The topological polar surface area (TPSA) is 222 Å². The van der Waals surface area contributed by atoms with E-state index in [9.17, 15) is 29.1 Å². The molecular formula is C35H49N7O6. The van der Waals surface area contributed by atoms with Crippen LogP contribution in [0.25, 0.3) is 10.9 Å². The van der Waals surface area contributed by atoms with Crippen LogP contribution in [0.15, 0.2) is 60.8 Å². The second-order valence-electron chi connectivity index (χ2n) is 12.3. The van der Waals surface area contributed by atoms with Crippen LogP contribution in [0.3, 0.4) is 0 Å². The third-order valence-corrected chi connectivity index (χ3v) is 8.05. The number of primary amides is 1. The van der Waals surface area contributed by atoms with Gasteiger partial charge in [0.2, 0.25) is 29.5 Å². The minimum absolute atomic E-state index is 0.0877. The highest BCUT2D eigenvalue weighted by Crippen LogP contribution is 2.20. The minimum Gasteiger partial charge on any atom is -0.391 e. The summed E-state index contributed by atoms with van der Waals surface area (Å²) in [6.45, 7) is 3.22. The molecule has 0 aliphatic heterocycles. The van der Waals surface area contributed by atoms with Gasteiger partial charge in [0, 0.05) is 61.8 Å². The molecule has 48 heavy (non-hydrogen) atoms. The lowest BCUT2D eigenvalue weighted by Crippen LogP contribution is -2.53. The highest BCUT2D eigenvalue weighted by Gasteiger charge is 2.28. The number of nitrogens with two attached hydrogens (primary N) is 2. The number of unbranched alkanes of at least 4 members (excludes halogenated alkanes) is 1. The van der Waals surface area contributed by atoms with Crippen LogP contribution >= 0.6 is 0 Å². The molecule has 1 aromatic heterocycles. The van der Waals surface area contributed by atoms with E-state index in [1.54, 1.807) is 6.20 Å². The summed E-state index contributed by atoms with van der Waals surface area (Å²) in [4.78, 5) is 67.0. The zero-order valence-electron chi connectivity index (χ0n) is 27.7. The van der Waals surface area contributed by atoms with Crippen LogP contribution in [0.4, 0.5) is 0 Å². The number of para-hydroxylation sites is 1. The average Bonchev–Trinajstić information content (AvgIpc) is 3.43. The zero-order chi connectivity index (χ0) is 35.1. The van der Waals surface area contributed by atoms with Gasteiger partial charge in [-0.05, 0) is 49.9 Å². The number of aliphatic hydroxyl groups is 1. The van der Waals surface area contributed by atoms with Crippen LogP contribution < -0.4 is 32.7 Å². The summed E-state index contributed by atoms with van der Waals surface area (Å²) >= 11 is 0. The zero-order valence-corrected chi connectivity index (χ0v) is 27.7. The van der Waals surface area contributed by atoms with E-state index < -0.39 is 53.9 Å².